The molecule has 3 N–H and O–H groups in total. The fraction of sp³-hybridized carbons (Fsp3) is 0.455. The number of carbonyl (C=O) groups is 3. The van der Waals surface area contributed by atoms with E-state index in [2.05, 4.69) is 15.0 Å². The molecular weight excluding hydrogens is 286 g/mol. The van der Waals surface area contributed by atoms with Crippen LogP contribution in [-0.2, 0) is 20.7 Å². The monoisotopic (exact) mass is 301 g/mol. The van der Waals surface area contributed by atoms with Crippen LogP contribution in [0.15, 0.2) is 5.38 Å². The van der Waals surface area contributed by atoms with E-state index in [0.717, 1.165) is 10.7 Å². The van der Waals surface area contributed by atoms with Gasteiger partial charge in [-0.25, -0.2) is 14.6 Å². The van der Waals surface area contributed by atoms with E-state index in [1.807, 2.05) is 17.6 Å². The highest BCUT2D eigenvalue weighted by Gasteiger charge is 2.08. The van der Waals surface area contributed by atoms with Crippen LogP contribution in [-0.4, -0.2) is 47.8 Å². The molecule has 0 spiro atoms. The van der Waals surface area contributed by atoms with Crippen LogP contribution in [0.2, 0.25) is 0 Å². The molecule has 0 aliphatic carbocycles. The molecule has 1 aromatic rings. The number of carbonyl (C=O) groups excluding carboxylic acids is 2. The van der Waals surface area contributed by atoms with Gasteiger partial charge >= 0.3 is 12.0 Å². The minimum absolute atomic E-state index is 0.346. The average Bonchev–Trinajstić information content (AvgIpc) is 2.74. The minimum Gasteiger partial charge on any atom is -0.480 e. The van der Waals surface area contributed by atoms with Gasteiger partial charge in [-0.3, -0.25) is 10.1 Å². The van der Waals surface area contributed by atoms with E-state index in [9.17, 15) is 14.4 Å². The van der Waals surface area contributed by atoms with Crippen LogP contribution in [0.4, 0.5) is 4.79 Å². The minimum atomic E-state index is -1.18. The van der Waals surface area contributed by atoms with Gasteiger partial charge in [0.2, 0.25) is 0 Å². The topological polar surface area (TPSA) is 118 Å². The van der Waals surface area contributed by atoms with Crippen LogP contribution >= 0.6 is 11.3 Å². The van der Waals surface area contributed by atoms with Gasteiger partial charge in [0.1, 0.15) is 13.2 Å². The predicted molar refractivity (Wildman–Crippen MR) is 70.6 cm³/mol. The highest BCUT2D eigenvalue weighted by atomic mass is 32.1. The van der Waals surface area contributed by atoms with Crippen molar-refractivity contribution in [3.8, 4) is 0 Å². The number of imide groups is 1. The molecule has 0 unspecified atom stereocenters. The van der Waals surface area contributed by atoms with Gasteiger partial charge in [-0.1, -0.05) is 0 Å². The summed E-state index contributed by atoms with van der Waals surface area (Å²) in [6.07, 6.45) is 0.571. The lowest BCUT2D eigenvalue weighted by molar-refractivity contribution is -0.143. The number of aromatic nitrogens is 1. The van der Waals surface area contributed by atoms with Crippen LogP contribution in [0.5, 0.6) is 0 Å². The Morgan fingerprint density at radius 3 is 2.75 bits per heavy atom. The summed E-state index contributed by atoms with van der Waals surface area (Å²) in [6.45, 7) is 1.17. The number of urea groups is 1. The number of aryl methyl sites for hydroxylation is 1. The van der Waals surface area contributed by atoms with E-state index in [1.54, 1.807) is 0 Å². The third-order valence-electron chi connectivity index (χ3n) is 2.04. The Morgan fingerprint density at radius 2 is 2.15 bits per heavy atom. The van der Waals surface area contributed by atoms with E-state index in [1.165, 1.54) is 11.3 Å². The molecule has 110 valence electrons. The number of nitrogens with zero attached hydrogens (tertiary/aromatic N) is 1. The first kappa shape index (κ1) is 16.1. The highest BCUT2D eigenvalue weighted by molar-refractivity contribution is 7.09. The smallest absolute Gasteiger partial charge is 0.329 e. The van der Waals surface area contributed by atoms with Gasteiger partial charge in [0.25, 0.3) is 5.91 Å². The summed E-state index contributed by atoms with van der Waals surface area (Å²) < 4.78 is 4.53. The summed E-state index contributed by atoms with van der Waals surface area (Å²) in [5.74, 6) is -1.88. The standard InChI is InChI=1S/C11H15N3O5S/c1-7-13-8(6-20-7)2-3-12-11(18)14-9(15)4-19-5-10(16)17/h6H,2-5H2,1H3,(H,16,17)(H2,12,14,15,18). The van der Waals surface area contributed by atoms with Gasteiger partial charge in [0.15, 0.2) is 0 Å². The van der Waals surface area contributed by atoms with Crippen molar-refractivity contribution in [3.05, 3.63) is 16.1 Å². The van der Waals surface area contributed by atoms with Crippen molar-refractivity contribution in [2.75, 3.05) is 19.8 Å². The van der Waals surface area contributed by atoms with E-state index >= 15 is 0 Å². The number of carboxylic acid groups (broad SMARTS) is 1. The van der Waals surface area contributed by atoms with Crippen molar-refractivity contribution in [1.82, 2.24) is 15.6 Å². The Bertz CT molecular complexity index is 488. The zero-order valence-corrected chi connectivity index (χ0v) is 11.7. The summed E-state index contributed by atoms with van der Waals surface area (Å²) in [5, 5.41) is 15.7. The summed E-state index contributed by atoms with van der Waals surface area (Å²) >= 11 is 1.53. The maximum Gasteiger partial charge on any atom is 0.329 e. The second kappa shape index (κ2) is 8.23. The van der Waals surface area contributed by atoms with Gasteiger partial charge in [0, 0.05) is 18.3 Å². The molecule has 1 heterocycles. The first-order valence-corrected chi connectivity index (χ1v) is 6.63. The third kappa shape index (κ3) is 6.81. The van der Waals surface area contributed by atoms with Gasteiger partial charge in [0.05, 0.1) is 10.7 Å². The molecule has 1 rings (SSSR count). The fourth-order valence-electron chi connectivity index (χ4n) is 1.27. The fourth-order valence-corrected chi connectivity index (χ4v) is 1.91. The van der Waals surface area contributed by atoms with Crippen molar-refractivity contribution in [1.29, 1.82) is 0 Å². The number of carboxylic acids is 1. The van der Waals surface area contributed by atoms with Crippen LogP contribution in [0.1, 0.15) is 10.7 Å². The van der Waals surface area contributed by atoms with E-state index < -0.39 is 31.1 Å². The number of hydrogen-bond acceptors (Lipinski definition) is 6. The van der Waals surface area contributed by atoms with Crippen molar-refractivity contribution in [3.63, 3.8) is 0 Å². The maximum atomic E-state index is 11.3. The lowest BCUT2D eigenvalue weighted by Gasteiger charge is -2.05. The molecule has 0 radical (unpaired) electrons. The molecule has 8 nitrogen and oxygen atoms in total. The third-order valence-corrected chi connectivity index (χ3v) is 2.87. The van der Waals surface area contributed by atoms with E-state index in [-0.39, 0.29) is 0 Å². The molecule has 3 amide bonds. The molecular formula is C11H15N3O5S. The SMILES string of the molecule is Cc1nc(CCNC(=O)NC(=O)COCC(=O)O)cs1. The molecule has 0 atom stereocenters. The number of nitrogens with one attached hydrogen (secondary N) is 2. The molecule has 0 fully saturated rings. The van der Waals surface area contributed by atoms with E-state index in [4.69, 9.17) is 5.11 Å². The molecule has 0 saturated carbocycles. The molecule has 0 saturated heterocycles. The number of rotatable bonds is 7. The van der Waals surface area contributed by atoms with Crippen molar-refractivity contribution >= 4 is 29.2 Å². The molecule has 0 aliphatic heterocycles. The number of ether oxygens (including phenoxy) is 1. The van der Waals surface area contributed by atoms with Gasteiger partial charge in [-0.2, -0.15) is 0 Å². The van der Waals surface area contributed by atoms with Crippen LogP contribution in [0, 0.1) is 6.92 Å². The Kier molecular flexibility index (Phi) is 6.60. The molecule has 0 aromatic carbocycles. The summed E-state index contributed by atoms with van der Waals surface area (Å²) in [7, 11) is 0. The Balaban J connectivity index is 2.13. The van der Waals surface area contributed by atoms with Crippen molar-refractivity contribution in [2.24, 2.45) is 0 Å². The zero-order valence-electron chi connectivity index (χ0n) is 10.8. The lowest BCUT2D eigenvalue weighted by atomic mass is 10.3. The van der Waals surface area contributed by atoms with Crippen LogP contribution < -0.4 is 10.6 Å². The summed E-state index contributed by atoms with van der Waals surface area (Å²) in [5.41, 5.74) is 0.879. The number of aliphatic carboxylic acids is 1. The predicted octanol–water partition coefficient (Wildman–Crippen LogP) is -0.0790. The molecule has 0 aliphatic rings. The highest BCUT2D eigenvalue weighted by Crippen LogP contribution is 2.07. The quantitative estimate of drug-likeness (QED) is 0.648. The first-order valence-electron chi connectivity index (χ1n) is 5.75. The molecule has 20 heavy (non-hydrogen) atoms. The maximum absolute atomic E-state index is 11.3. The Hall–Kier alpha value is -2.00. The number of hydrogen-bond donors (Lipinski definition) is 3. The van der Waals surface area contributed by atoms with Gasteiger partial charge in [-0.05, 0) is 6.92 Å². The van der Waals surface area contributed by atoms with Crippen LogP contribution in [0.3, 0.4) is 0 Å². The molecule has 1 aromatic heterocycles. The average molecular weight is 301 g/mol. The van der Waals surface area contributed by atoms with Gasteiger partial charge < -0.3 is 15.2 Å². The zero-order chi connectivity index (χ0) is 15.0. The van der Waals surface area contributed by atoms with Crippen molar-refractivity contribution in [2.45, 2.75) is 13.3 Å². The Morgan fingerprint density at radius 1 is 1.40 bits per heavy atom. The van der Waals surface area contributed by atoms with Crippen LogP contribution in [0.25, 0.3) is 0 Å². The lowest BCUT2D eigenvalue weighted by Crippen LogP contribution is -2.42. The number of thiazole rings is 1. The van der Waals surface area contributed by atoms with Gasteiger partial charge in [-0.15, -0.1) is 11.3 Å². The second-order valence-corrected chi connectivity index (χ2v) is 4.86. The van der Waals surface area contributed by atoms with Crippen molar-refractivity contribution < 1.29 is 24.2 Å². The number of amides is 3. The van der Waals surface area contributed by atoms with E-state index in [0.29, 0.717) is 13.0 Å². The molecule has 0 bridgehead atoms. The summed E-state index contributed by atoms with van der Waals surface area (Å²) in [4.78, 5) is 36.9. The first-order chi connectivity index (χ1) is 9.47. The largest absolute Gasteiger partial charge is 0.480 e. The summed E-state index contributed by atoms with van der Waals surface area (Å²) in [6, 6.07) is -0.652. The normalized spacial score (nSPS) is 10.1. The second-order valence-electron chi connectivity index (χ2n) is 3.80. The molecule has 9 heteroatoms. The Labute approximate surface area is 119 Å².